The minimum absolute atomic E-state index is 0.168. The van der Waals surface area contributed by atoms with Crippen molar-refractivity contribution in [2.45, 2.75) is 32.4 Å². The van der Waals surface area contributed by atoms with Crippen molar-refractivity contribution in [3.8, 4) is 5.75 Å². The third kappa shape index (κ3) is 3.91. The largest absolute Gasteiger partial charge is 0.435 e. The molecule has 4 rings (SSSR count). The number of anilines is 2. The van der Waals surface area contributed by atoms with Gasteiger partial charge in [0.2, 0.25) is 0 Å². The molecule has 9 heteroatoms. The van der Waals surface area contributed by atoms with E-state index in [2.05, 4.69) is 30.0 Å². The fourth-order valence-electron chi connectivity index (χ4n) is 3.41. The monoisotopic (exact) mass is 374 g/mol. The van der Waals surface area contributed by atoms with Crippen molar-refractivity contribution < 1.29 is 13.5 Å². The molecule has 0 aliphatic carbocycles. The molecule has 7 nitrogen and oxygen atoms in total. The standard InChI is InChI=1S/C18H20F2N6O/c1-12-9-16(26-18(23-12)21-11-22-26)24-13-3-2-8-25(10-13)14-4-6-15(7-5-14)27-17(19)20/h4-7,9,11,13,17,24H,2-3,8,10H2,1H3. The lowest BCUT2D eigenvalue weighted by molar-refractivity contribution is -0.0498. The van der Waals surface area contributed by atoms with Crippen molar-refractivity contribution in [1.82, 2.24) is 19.6 Å². The molecule has 1 fully saturated rings. The van der Waals surface area contributed by atoms with Crippen LogP contribution >= 0.6 is 0 Å². The Balaban J connectivity index is 1.47. The molecule has 2 aromatic heterocycles. The third-order valence-corrected chi connectivity index (χ3v) is 4.58. The smallest absolute Gasteiger partial charge is 0.387 e. The molecule has 1 aliphatic rings. The van der Waals surface area contributed by atoms with E-state index in [1.165, 1.54) is 6.33 Å². The van der Waals surface area contributed by atoms with Crippen LogP contribution in [-0.4, -0.2) is 45.3 Å². The molecule has 1 aliphatic heterocycles. The molecule has 27 heavy (non-hydrogen) atoms. The number of nitrogens with one attached hydrogen (secondary N) is 1. The summed E-state index contributed by atoms with van der Waals surface area (Å²) in [4.78, 5) is 10.7. The van der Waals surface area contributed by atoms with Gasteiger partial charge in [-0.2, -0.15) is 23.4 Å². The molecule has 1 aromatic carbocycles. The molecule has 3 aromatic rings. The van der Waals surface area contributed by atoms with Crippen LogP contribution in [0.2, 0.25) is 0 Å². The van der Waals surface area contributed by atoms with Crippen LogP contribution in [0.15, 0.2) is 36.7 Å². The zero-order chi connectivity index (χ0) is 18.8. The van der Waals surface area contributed by atoms with Crippen molar-refractivity contribution in [3.05, 3.63) is 42.4 Å². The maximum absolute atomic E-state index is 12.3. The third-order valence-electron chi connectivity index (χ3n) is 4.58. The quantitative estimate of drug-likeness (QED) is 0.740. The molecule has 0 amide bonds. The second-order valence-electron chi connectivity index (χ2n) is 6.56. The second kappa shape index (κ2) is 7.34. The van der Waals surface area contributed by atoms with Crippen molar-refractivity contribution in [3.63, 3.8) is 0 Å². The summed E-state index contributed by atoms with van der Waals surface area (Å²) < 4.78 is 30.7. The van der Waals surface area contributed by atoms with E-state index < -0.39 is 6.61 Å². The molecule has 0 saturated carbocycles. The van der Waals surface area contributed by atoms with Crippen LogP contribution in [0.1, 0.15) is 18.5 Å². The summed E-state index contributed by atoms with van der Waals surface area (Å²) in [7, 11) is 0. The predicted octanol–water partition coefficient (Wildman–Crippen LogP) is 3.12. The number of alkyl halides is 2. The fourth-order valence-corrected chi connectivity index (χ4v) is 3.41. The Bertz CT molecular complexity index is 914. The summed E-state index contributed by atoms with van der Waals surface area (Å²) in [6.07, 6.45) is 3.54. The van der Waals surface area contributed by atoms with Crippen molar-refractivity contribution in [2.24, 2.45) is 0 Å². The Hall–Kier alpha value is -2.97. The van der Waals surface area contributed by atoms with E-state index in [0.29, 0.717) is 5.78 Å². The van der Waals surface area contributed by atoms with Crippen molar-refractivity contribution in [1.29, 1.82) is 0 Å². The lowest BCUT2D eigenvalue weighted by atomic mass is 10.0. The SMILES string of the molecule is Cc1cc(NC2CCCN(c3ccc(OC(F)F)cc3)C2)n2ncnc2n1. The number of hydrogen-bond donors (Lipinski definition) is 1. The molecule has 1 saturated heterocycles. The first-order valence-electron chi connectivity index (χ1n) is 8.82. The van der Waals surface area contributed by atoms with Gasteiger partial charge < -0.3 is 15.0 Å². The van der Waals surface area contributed by atoms with Crippen LogP contribution in [0, 0.1) is 6.92 Å². The lowest BCUT2D eigenvalue weighted by Gasteiger charge is -2.35. The number of halogens is 2. The van der Waals surface area contributed by atoms with Gasteiger partial charge in [0, 0.05) is 36.6 Å². The van der Waals surface area contributed by atoms with E-state index in [9.17, 15) is 8.78 Å². The van der Waals surface area contributed by atoms with E-state index in [4.69, 9.17) is 0 Å². The Kier molecular flexibility index (Phi) is 4.74. The van der Waals surface area contributed by atoms with E-state index in [1.54, 1.807) is 16.6 Å². The summed E-state index contributed by atoms with van der Waals surface area (Å²) >= 11 is 0. The van der Waals surface area contributed by atoms with E-state index in [1.807, 2.05) is 25.1 Å². The molecule has 3 heterocycles. The fraction of sp³-hybridized carbons (Fsp3) is 0.389. The number of benzene rings is 1. The molecule has 1 atom stereocenters. The van der Waals surface area contributed by atoms with Gasteiger partial charge in [-0.3, -0.25) is 0 Å². The van der Waals surface area contributed by atoms with Crippen LogP contribution in [0.25, 0.3) is 5.78 Å². The zero-order valence-electron chi connectivity index (χ0n) is 14.8. The first-order valence-corrected chi connectivity index (χ1v) is 8.82. The van der Waals surface area contributed by atoms with E-state index in [-0.39, 0.29) is 11.8 Å². The van der Waals surface area contributed by atoms with Gasteiger partial charge in [0.25, 0.3) is 5.78 Å². The molecule has 1 unspecified atom stereocenters. The van der Waals surface area contributed by atoms with Crippen LogP contribution in [-0.2, 0) is 0 Å². The molecule has 0 bridgehead atoms. The number of fused-ring (bicyclic) bond motifs is 1. The highest BCUT2D eigenvalue weighted by molar-refractivity contribution is 5.51. The van der Waals surface area contributed by atoms with Crippen molar-refractivity contribution >= 4 is 17.3 Å². The van der Waals surface area contributed by atoms with Crippen molar-refractivity contribution in [2.75, 3.05) is 23.3 Å². The normalized spacial score (nSPS) is 17.5. The van der Waals surface area contributed by atoms with Gasteiger partial charge in [0.05, 0.1) is 0 Å². The molecule has 0 radical (unpaired) electrons. The highest BCUT2D eigenvalue weighted by Crippen LogP contribution is 2.25. The Labute approximate surface area is 155 Å². The lowest BCUT2D eigenvalue weighted by Crippen LogP contribution is -2.42. The first kappa shape index (κ1) is 17.4. The van der Waals surface area contributed by atoms with Crippen LogP contribution in [0.3, 0.4) is 0 Å². The highest BCUT2D eigenvalue weighted by Gasteiger charge is 2.21. The minimum atomic E-state index is -2.81. The summed E-state index contributed by atoms with van der Waals surface area (Å²) in [5, 5.41) is 7.77. The van der Waals surface area contributed by atoms with Gasteiger partial charge in [-0.05, 0) is 44.0 Å². The Morgan fingerprint density at radius 2 is 2.07 bits per heavy atom. The maximum Gasteiger partial charge on any atom is 0.387 e. The number of aromatic nitrogens is 4. The minimum Gasteiger partial charge on any atom is -0.435 e. The zero-order valence-corrected chi connectivity index (χ0v) is 14.8. The van der Waals surface area contributed by atoms with Gasteiger partial charge in [-0.1, -0.05) is 0 Å². The molecule has 142 valence electrons. The highest BCUT2D eigenvalue weighted by atomic mass is 19.3. The van der Waals surface area contributed by atoms with Gasteiger partial charge in [-0.15, -0.1) is 0 Å². The van der Waals surface area contributed by atoms with E-state index >= 15 is 0 Å². The number of ether oxygens (including phenoxy) is 1. The summed E-state index contributed by atoms with van der Waals surface area (Å²) in [6.45, 7) is 0.834. The molecule has 0 spiro atoms. The van der Waals surface area contributed by atoms with Crippen LogP contribution < -0.4 is 15.0 Å². The van der Waals surface area contributed by atoms with Crippen LogP contribution in [0.4, 0.5) is 20.3 Å². The topological polar surface area (TPSA) is 67.6 Å². The summed E-state index contributed by atoms with van der Waals surface area (Å²) in [5.41, 5.74) is 1.86. The van der Waals surface area contributed by atoms with Crippen LogP contribution in [0.5, 0.6) is 5.75 Å². The number of rotatable bonds is 5. The van der Waals surface area contributed by atoms with E-state index in [0.717, 1.165) is 43.1 Å². The van der Waals surface area contributed by atoms with Gasteiger partial charge in [0.1, 0.15) is 17.9 Å². The first-order chi connectivity index (χ1) is 13.1. The second-order valence-corrected chi connectivity index (χ2v) is 6.56. The van der Waals surface area contributed by atoms with Gasteiger partial charge >= 0.3 is 6.61 Å². The summed E-state index contributed by atoms with van der Waals surface area (Å²) in [6, 6.07) is 8.95. The molecule has 1 N–H and O–H groups in total. The Morgan fingerprint density at radius 3 is 2.85 bits per heavy atom. The number of nitrogens with zero attached hydrogens (tertiary/aromatic N) is 5. The molecular weight excluding hydrogens is 354 g/mol. The van der Waals surface area contributed by atoms with Gasteiger partial charge in [0.15, 0.2) is 0 Å². The van der Waals surface area contributed by atoms with Gasteiger partial charge in [-0.25, -0.2) is 4.98 Å². The Morgan fingerprint density at radius 1 is 1.26 bits per heavy atom. The average molecular weight is 374 g/mol. The predicted molar refractivity (Wildman–Crippen MR) is 97.5 cm³/mol. The summed E-state index contributed by atoms with van der Waals surface area (Å²) in [5.74, 6) is 1.60. The number of piperidine rings is 1. The number of aryl methyl sites for hydroxylation is 1. The average Bonchev–Trinajstić information content (AvgIpc) is 3.10. The number of hydrogen-bond acceptors (Lipinski definition) is 6. The molecular formula is C18H20F2N6O. The maximum atomic E-state index is 12.3.